The number of amides is 2. The van der Waals surface area contributed by atoms with Crippen LogP contribution < -0.4 is 5.32 Å². The SMILES string of the molecule is O=C1NC2=CC(=NC(=O)c3cccc(C(F)(F)F)c3)C=CC2C2=C1CCC2. The zero-order chi connectivity index (χ0) is 19.2. The van der Waals surface area contributed by atoms with E-state index in [-0.39, 0.29) is 17.4 Å². The number of benzene rings is 1. The lowest BCUT2D eigenvalue weighted by atomic mass is 9.85. The molecule has 0 radical (unpaired) electrons. The Morgan fingerprint density at radius 2 is 2.04 bits per heavy atom. The van der Waals surface area contributed by atoms with Crippen molar-refractivity contribution in [3.63, 3.8) is 0 Å². The molecule has 1 N–H and O–H groups in total. The maximum absolute atomic E-state index is 12.8. The lowest BCUT2D eigenvalue weighted by Crippen LogP contribution is -2.35. The van der Waals surface area contributed by atoms with E-state index in [0.29, 0.717) is 11.4 Å². The summed E-state index contributed by atoms with van der Waals surface area (Å²) in [5.41, 5.74) is 1.85. The first kappa shape index (κ1) is 17.5. The normalized spacial score (nSPS) is 23.1. The van der Waals surface area contributed by atoms with Crippen molar-refractivity contribution in [3.05, 3.63) is 70.5 Å². The molecule has 0 bridgehead atoms. The van der Waals surface area contributed by atoms with Crippen LogP contribution in [-0.2, 0) is 11.0 Å². The fraction of sp³-hybridized carbons (Fsp3) is 0.250. The Balaban J connectivity index is 1.61. The van der Waals surface area contributed by atoms with Gasteiger partial charge in [-0.3, -0.25) is 9.59 Å². The van der Waals surface area contributed by atoms with Crippen LogP contribution in [0.25, 0.3) is 0 Å². The number of rotatable bonds is 1. The average Bonchev–Trinajstić information content (AvgIpc) is 3.11. The molecule has 0 spiro atoms. The molecule has 27 heavy (non-hydrogen) atoms. The van der Waals surface area contributed by atoms with Crippen LogP contribution in [0.1, 0.15) is 35.2 Å². The van der Waals surface area contributed by atoms with E-state index in [0.717, 1.165) is 42.5 Å². The number of carbonyl (C=O) groups is 2. The van der Waals surface area contributed by atoms with Crippen molar-refractivity contribution >= 4 is 17.5 Å². The Labute approximate surface area is 153 Å². The summed E-state index contributed by atoms with van der Waals surface area (Å²) < 4.78 is 38.4. The Kier molecular flexibility index (Phi) is 4.09. The van der Waals surface area contributed by atoms with Gasteiger partial charge in [0.25, 0.3) is 11.8 Å². The third-order valence-electron chi connectivity index (χ3n) is 4.93. The lowest BCUT2D eigenvalue weighted by Gasteiger charge is -2.28. The molecule has 2 amide bonds. The monoisotopic (exact) mass is 372 g/mol. The second-order valence-corrected chi connectivity index (χ2v) is 6.67. The minimum atomic E-state index is -4.53. The number of nitrogens with one attached hydrogen (secondary N) is 1. The Morgan fingerprint density at radius 3 is 2.81 bits per heavy atom. The number of hydrogen-bond donors (Lipinski definition) is 1. The van der Waals surface area contributed by atoms with Gasteiger partial charge in [0.1, 0.15) is 0 Å². The predicted octanol–water partition coefficient (Wildman–Crippen LogP) is 3.97. The zero-order valence-corrected chi connectivity index (χ0v) is 14.1. The van der Waals surface area contributed by atoms with E-state index in [4.69, 9.17) is 0 Å². The Bertz CT molecular complexity index is 968. The molecule has 1 aromatic carbocycles. The summed E-state index contributed by atoms with van der Waals surface area (Å²) in [6.45, 7) is 0. The molecule has 1 unspecified atom stereocenters. The van der Waals surface area contributed by atoms with E-state index in [2.05, 4.69) is 10.3 Å². The lowest BCUT2D eigenvalue weighted by molar-refractivity contribution is -0.137. The summed E-state index contributed by atoms with van der Waals surface area (Å²) in [5.74, 6) is -0.911. The van der Waals surface area contributed by atoms with Crippen LogP contribution in [0, 0.1) is 5.92 Å². The number of fused-ring (bicyclic) bond motifs is 2. The van der Waals surface area contributed by atoms with Gasteiger partial charge in [0, 0.05) is 22.8 Å². The van der Waals surface area contributed by atoms with Gasteiger partial charge >= 0.3 is 6.18 Å². The average molecular weight is 372 g/mol. The molecule has 1 atom stereocenters. The highest BCUT2D eigenvalue weighted by Crippen LogP contribution is 2.39. The minimum Gasteiger partial charge on any atom is -0.325 e. The van der Waals surface area contributed by atoms with Crippen LogP contribution in [0.4, 0.5) is 13.2 Å². The highest BCUT2D eigenvalue weighted by molar-refractivity contribution is 6.14. The smallest absolute Gasteiger partial charge is 0.325 e. The largest absolute Gasteiger partial charge is 0.416 e. The number of nitrogens with zero attached hydrogens (tertiary/aromatic N) is 1. The summed E-state index contributed by atoms with van der Waals surface area (Å²) >= 11 is 0. The standard InChI is InChI=1S/C20H15F3N2O2/c21-20(22,23)12-4-1-3-11(9-12)18(26)24-13-7-8-15-14-5-2-6-16(14)19(27)25-17(15)10-13/h1,3-4,7-10,15H,2,5-6H2,(H,25,27). The first-order valence-corrected chi connectivity index (χ1v) is 8.56. The molecule has 7 heteroatoms. The second kappa shape index (κ2) is 6.33. The molecule has 1 heterocycles. The first-order chi connectivity index (χ1) is 12.8. The first-order valence-electron chi connectivity index (χ1n) is 8.56. The molecule has 2 aliphatic carbocycles. The third kappa shape index (κ3) is 3.25. The van der Waals surface area contributed by atoms with E-state index in [1.165, 1.54) is 12.1 Å². The molecule has 4 rings (SSSR count). The number of allylic oxidation sites excluding steroid dienone is 3. The van der Waals surface area contributed by atoms with Crippen molar-refractivity contribution in [3.8, 4) is 0 Å². The Hall–Kier alpha value is -2.96. The van der Waals surface area contributed by atoms with Crippen molar-refractivity contribution in [1.29, 1.82) is 0 Å². The highest BCUT2D eigenvalue weighted by atomic mass is 19.4. The van der Waals surface area contributed by atoms with Crippen molar-refractivity contribution in [2.24, 2.45) is 10.9 Å². The summed E-state index contributed by atoms with van der Waals surface area (Å²) in [5, 5.41) is 2.83. The summed E-state index contributed by atoms with van der Waals surface area (Å²) in [7, 11) is 0. The van der Waals surface area contributed by atoms with E-state index >= 15 is 0 Å². The van der Waals surface area contributed by atoms with Crippen molar-refractivity contribution in [1.82, 2.24) is 5.32 Å². The molecule has 0 aromatic heterocycles. The zero-order valence-electron chi connectivity index (χ0n) is 14.1. The van der Waals surface area contributed by atoms with E-state index in [1.54, 1.807) is 12.2 Å². The van der Waals surface area contributed by atoms with Crippen LogP contribution in [0.2, 0.25) is 0 Å². The summed E-state index contributed by atoms with van der Waals surface area (Å²) in [6.07, 6.45) is 3.20. The van der Waals surface area contributed by atoms with Gasteiger partial charge < -0.3 is 5.32 Å². The minimum absolute atomic E-state index is 0.0252. The van der Waals surface area contributed by atoms with Crippen LogP contribution in [-0.4, -0.2) is 17.5 Å². The molecule has 138 valence electrons. The van der Waals surface area contributed by atoms with Crippen LogP contribution >= 0.6 is 0 Å². The number of alkyl halides is 3. The van der Waals surface area contributed by atoms with Crippen molar-refractivity contribution in [2.75, 3.05) is 0 Å². The molecule has 1 aliphatic heterocycles. The molecule has 0 saturated carbocycles. The van der Waals surface area contributed by atoms with Gasteiger partial charge in [0.15, 0.2) is 0 Å². The van der Waals surface area contributed by atoms with Gasteiger partial charge in [-0.1, -0.05) is 12.1 Å². The second-order valence-electron chi connectivity index (χ2n) is 6.67. The van der Waals surface area contributed by atoms with E-state index in [9.17, 15) is 22.8 Å². The van der Waals surface area contributed by atoms with E-state index < -0.39 is 17.6 Å². The maximum atomic E-state index is 12.8. The van der Waals surface area contributed by atoms with Crippen molar-refractivity contribution in [2.45, 2.75) is 25.4 Å². The van der Waals surface area contributed by atoms with Crippen molar-refractivity contribution < 1.29 is 22.8 Å². The van der Waals surface area contributed by atoms with E-state index in [1.807, 2.05) is 6.08 Å². The number of aliphatic imine (C=N–C) groups is 1. The molecule has 0 fully saturated rings. The number of hydrogen-bond acceptors (Lipinski definition) is 2. The summed E-state index contributed by atoms with van der Waals surface area (Å²) in [6, 6.07) is 4.16. The number of carbonyl (C=O) groups excluding carboxylic acids is 2. The van der Waals surface area contributed by atoms with Crippen LogP contribution in [0.5, 0.6) is 0 Å². The molecule has 4 nitrogen and oxygen atoms in total. The molecule has 1 aromatic rings. The van der Waals surface area contributed by atoms with Crippen LogP contribution in [0.15, 0.2) is 64.3 Å². The fourth-order valence-electron chi connectivity index (χ4n) is 3.67. The highest BCUT2D eigenvalue weighted by Gasteiger charge is 2.34. The molecular weight excluding hydrogens is 357 g/mol. The van der Waals surface area contributed by atoms with Gasteiger partial charge in [-0.15, -0.1) is 0 Å². The predicted molar refractivity (Wildman–Crippen MR) is 92.9 cm³/mol. The van der Waals surface area contributed by atoms with Gasteiger partial charge in [-0.25, -0.2) is 4.99 Å². The van der Waals surface area contributed by atoms with Gasteiger partial charge in [0.05, 0.1) is 11.3 Å². The van der Waals surface area contributed by atoms with Gasteiger partial charge in [0.2, 0.25) is 0 Å². The quantitative estimate of drug-likeness (QED) is 0.811. The van der Waals surface area contributed by atoms with Gasteiger partial charge in [-0.05, 0) is 55.2 Å². The van der Waals surface area contributed by atoms with Crippen LogP contribution in [0.3, 0.4) is 0 Å². The Morgan fingerprint density at radius 1 is 1.22 bits per heavy atom. The third-order valence-corrected chi connectivity index (χ3v) is 4.93. The topological polar surface area (TPSA) is 58.5 Å². The fourth-order valence-corrected chi connectivity index (χ4v) is 3.67. The molecule has 0 saturated heterocycles. The maximum Gasteiger partial charge on any atom is 0.416 e. The van der Waals surface area contributed by atoms with Gasteiger partial charge in [-0.2, -0.15) is 13.2 Å². The molecule has 3 aliphatic rings. The molecular formula is C20H15F3N2O2. The summed E-state index contributed by atoms with van der Waals surface area (Å²) in [4.78, 5) is 28.4. The number of halogens is 3.